The van der Waals surface area contributed by atoms with Gasteiger partial charge in [-0.15, -0.1) is 11.6 Å². The summed E-state index contributed by atoms with van der Waals surface area (Å²) in [5, 5.41) is 0.0964. The zero-order valence-electron chi connectivity index (χ0n) is 8.87. The molecular weight excluding hydrogens is 208 g/mol. The quantitative estimate of drug-likeness (QED) is 0.727. The Hall–Kier alpha value is -1.15. The van der Waals surface area contributed by atoms with Gasteiger partial charge in [0.1, 0.15) is 0 Å². The number of hydrogen-bond donors (Lipinski definition) is 0. The van der Waals surface area contributed by atoms with Crippen LogP contribution in [0, 0.1) is 6.92 Å². The molecule has 0 aliphatic carbocycles. The molecule has 0 amide bonds. The van der Waals surface area contributed by atoms with Crippen molar-refractivity contribution in [3.05, 3.63) is 35.7 Å². The fourth-order valence-electron chi connectivity index (χ4n) is 1.58. The zero-order chi connectivity index (χ0) is 10.8. The highest BCUT2D eigenvalue weighted by Crippen LogP contribution is 2.14. The minimum absolute atomic E-state index is 0.0964. The average Bonchev–Trinajstić information content (AvgIpc) is 2.18. The second-order valence-corrected chi connectivity index (χ2v) is 4.47. The fraction of sp³-hybridized carbons (Fsp3) is 0.333. The Balaban J connectivity index is 2.52. The first kappa shape index (κ1) is 10.4. The topological polar surface area (TPSA) is 25.8 Å². The van der Waals surface area contributed by atoms with E-state index in [9.17, 15) is 0 Å². The van der Waals surface area contributed by atoms with E-state index in [1.165, 1.54) is 0 Å². The molecule has 2 nitrogen and oxygen atoms in total. The highest BCUT2D eigenvalue weighted by molar-refractivity contribution is 6.20. The molecule has 1 unspecified atom stereocenters. The molecule has 0 bridgehead atoms. The van der Waals surface area contributed by atoms with E-state index in [4.69, 9.17) is 11.6 Å². The summed E-state index contributed by atoms with van der Waals surface area (Å²) in [6.45, 7) is 3.95. The Morgan fingerprint density at radius 3 is 2.40 bits per heavy atom. The number of hydrogen-bond acceptors (Lipinski definition) is 2. The molecule has 15 heavy (non-hydrogen) atoms. The van der Waals surface area contributed by atoms with Gasteiger partial charge in [-0.2, -0.15) is 0 Å². The summed E-state index contributed by atoms with van der Waals surface area (Å²) in [7, 11) is 0. The first-order chi connectivity index (χ1) is 7.16. The maximum absolute atomic E-state index is 5.97. The van der Waals surface area contributed by atoms with Crippen molar-refractivity contribution in [1.82, 2.24) is 9.97 Å². The first-order valence-electron chi connectivity index (χ1n) is 5.03. The van der Waals surface area contributed by atoms with E-state index >= 15 is 0 Å². The van der Waals surface area contributed by atoms with E-state index in [0.717, 1.165) is 28.8 Å². The molecule has 0 radical (unpaired) electrons. The van der Waals surface area contributed by atoms with Crippen molar-refractivity contribution in [1.29, 1.82) is 0 Å². The van der Waals surface area contributed by atoms with Gasteiger partial charge in [0, 0.05) is 11.8 Å². The minimum atomic E-state index is 0.0964. The molecule has 1 heterocycles. The second-order valence-electron chi connectivity index (χ2n) is 3.73. The SMILES string of the molecule is Cc1nc2ccccc2nc1CC(C)Cl. The van der Waals surface area contributed by atoms with Crippen molar-refractivity contribution < 1.29 is 0 Å². The van der Waals surface area contributed by atoms with Gasteiger partial charge in [-0.3, -0.25) is 0 Å². The molecule has 2 aromatic rings. The predicted molar refractivity (Wildman–Crippen MR) is 63.3 cm³/mol. The van der Waals surface area contributed by atoms with Crippen LogP contribution in [0.4, 0.5) is 0 Å². The molecule has 0 fully saturated rings. The summed E-state index contributed by atoms with van der Waals surface area (Å²) in [5.41, 5.74) is 3.86. The maximum Gasteiger partial charge on any atom is 0.0890 e. The number of halogens is 1. The normalized spacial score (nSPS) is 13.0. The van der Waals surface area contributed by atoms with E-state index in [1.54, 1.807) is 0 Å². The molecule has 1 aromatic carbocycles. The van der Waals surface area contributed by atoms with Crippen LogP contribution >= 0.6 is 11.6 Å². The lowest BCUT2D eigenvalue weighted by Crippen LogP contribution is -2.04. The summed E-state index contributed by atoms with van der Waals surface area (Å²) in [6, 6.07) is 7.90. The van der Waals surface area contributed by atoms with Crippen LogP contribution in [0.25, 0.3) is 11.0 Å². The van der Waals surface area contributed by atoms with Gasteiger partial charge in [-0.05, 0) is 26.0 Å². The molecule has 0 saturated carbocycles. The second kappa shape index (κ2) is 4.15. The van der Waals surface area contributed by atoms with Gasteiger partial charge in [0.05, 0.1) is 22.4 Å². The van der Waals surface area contributed by atoms with Gasteiger partial charge in [0.15, 0.2) is 0 Å². The smallest absolute Gasteiger partial charge is 0.0890 e. The van der Waals surface area contributed by atoms with Crippen LogP contribution in [0.15, 0.2) is 24.3 Å². The molecule has 1 atom stereocenters. The molecular formula is C12H13ClN2. The highest BCUT2D eigenvalue weighted by Gasteiger charge is 2.07. The summed E-state index contributed by atoms with van der Waals surface area (Å²) in [6.07, 6.45) is 0.769. The lowest BCUT2D eigenvalue weighted by Gasteiger charge is -2.07. The molecule has 3 heteroatoms. The van der Waals surface area contributed by atoms with Crippen molar-refractivity contribution >= 4 is 22.6 Å². The molecule has 0 aliphatic heterocycles. The number of nitrogens with zero attached hydrogens (tertiary/aromatic N) is 2. The average molecular weight is 221 g/mol. The molecule has 0 saturated heterocycles. The van der Waals surface area contributed by atoms with Crippen LogP contribution < -0.4 is 0 Å². The van der Waals surface area contributed by atoms with Crippen molar-refractivity contribution in [2.45, 2.75) is 25.6 Å². The third-order valence-corrected chi connectivity index (χ3v) is 2.47. The van der Waals surface area contributed by atoms with Crippen molar-refractivity contribution in [2.75, 3.05) is 0 Å². The van der Waals surface area contributed by atoms with E-state index in [0.29, 0.717) is 0 Å². The summed E-state index contributed by atoms with van der Waals surface area (Å²) < 4.78 is 0. The Morgan fingerprint density at radius 2 is 1.80 bits per heavy atom. The summed E-state index contributed by atoms with van der Waals surface area (Å²) in [5.74, 6) is 0. The van der Waals surface area contributed by atoms with Gasteiger partial charge in [-0.25, -0.2) is 9.97 Å². The van der Waals surface area contributed by atoms with Gasteiger partial charge in [0.2, 0.25) is 0 Å². The number of aromatic nitrogens is 2. The van der Waals surface area contributed by atoms with Crippen LogP contribution in [0.5, 0.6) is 0 Å². The number of fused-ring (bicyclic) bond motifs is 1. The molecule has 0 spiro atoms. The summed E-state index contributed by atoms with van der Waals surface area (Å²) in [4.78, 5) is 9.08. The molecule has 78 valence electrons. The molecule has 1 aromatic heterocycles. The molecule has 0 N–H and O–H groups in total. The van der Waals surface area contributed by atoms with Gasteiger partial charge < -0.3 is 0 Å². The van der Waals surface area contributed by atoms with Crippen LogP contribution in [0.1, 0.15) is 18.3 Å². The molecule has 0 aliphatic rings. The largest absolute Gasteiger partial charge is 0.250 e. The number of aryl methyl sites for hydroxylation is 1. The van der Waals surface area contributed by atoms with Gasteiger partial charge in [-0.1, -0.05) is 12.1 Å². The highest BCUT2D eigenvalue weighted by atomic mass is 35.5. The number of benzene rings is 1. The Bertz CT molecular complexity index is 480. The third kappa shape index (κ3) is 2.26. The number of para-hydroxylation sites is 2. The maximum atomic E-state index is 5.97. The zero-order valence-corrected chi connectivity index (χ0v) is 9.62. The van der Waals surface area contributed by atoms with Crippen LogP contribution in [0.2, 0.25) is 0 Å². The lowest BCUT2D eigenvalue weighted by atomic mass is 10.2. The van der Waals surface area contributed by atoms with Crippen LogP contribution in [0.3, 0.4) is 0 Å². The van der Waals surface area contributed by atoms with E-state index in [1.807, 2.05) is 38.1 Å². The third-order valence-electron chi connectivity index (χ3n) is 2.32. The van der Waals surface area contributed by atoms with Crippen molar-refractivity contribution in [3.63, 3.8) is 0 Å². The monoisotopic (exact) mass is 220 g/mol. The van der Waals surface area contributed by atoms with Crippen LogP contribution in [-0.2, 0) is 6.42 Å². The fourth-order valence-corrected chi connectivity index (χ4v) is 1.73. The van der Waals surface area contributed by atoms with Crippen molar-refractivity contribution in [2.24, 2.45) is 0 Å². The van der Waals surface area contributed by atoms with E-state index < -0.39 is 0 Å². The molecule has 2 rings (SSSR count). The van der Waals surface area contributed by atoms with Crippen molar-refractivity contribution in [3.8, 4) is 0 Å². The Labute approximate surface area is 94.3 Å². The number of rotatable bonds is 2. The standard InChI is InChI=1S/C12H13ClN2/c1-8(13)7-12-9(2)14-10-5-3-4-6-11(10)15-12/h3-6,8H,7H2,1-2H3. The van der Waals surface area contributed by atoms with Gasteiger partial charge >= 0.3 is 0 Å². The Kier molecular flexibility index (Phi) is 2.87. The Morgan fingerprint density at radius 1 is 1.20 bits per heavy atom. The van der Waals surface area contributed by atoms with Gasteiger partial charge in [0.25, 0.3) is 0 Å². The predicted octanol–water partition coefficient (Wildman–Crippen LogP) is 3.11. The van der Waals surface area contributed by atoms with E-state index in [-0.39, 0.29) is 5.38 Å². The van der Waals surface area contributed by atoms with Crippen LogP contribution in [-0.4, -0.2) is 15.3 Å². The number of alkyl halides is 1. The lowest BCUT2D eigenvalue weighted by molar-refractivity contribution is 0.873. The van der Waals surface area contributed by atoms with E-state index in [2.05, 4.69) is 9.97 Å². The minimum Gasteiger partial charge on any atom is -0.250 e. The summed E-state index contributed by atoms with van der Waals surface area (Å²) >= 11 is 5.97. The first-order valence-corrected chi connectivity index (χ1v) is 5.47.